The van der Waals surface area contributed by atoms with Gasteiger partial charge in [0, 0.05) is 74.2 Å². The van der Waals surface area contributed by atoms with Crippen LogP contribution in [0.3, 0.4) is 0 Å². The maximum atomic E-state index is 14.4. The summed E-state index contributed by atoms with van der Waals surface area (Å²) in [6.45, 7) is 4.51. The fraction of sp³-hybridized carbons (Fsp3) is 0.367. The molecule has 3 aromatic rings. The number of nitrogens with zero attached hydrogens (tertiary/aromatic N) is 4. The molecule has 0 bridgehead atoms. The summed E-state index contributed by atoms with van der Waals surface area (Å²) in [6, 6.07) is 15.2. The molecular weight excluding hydrogens is 586 g/mol. The standard InChI is InChI=1S/C30H33ClF2N4O4S/c1-21-10-11-35(27-8-7-24(32)20-26(27)33)14-17-37(21)30(38)22-6-9-28(41-2)29(18-22)42(39,40)36-15-12-34(13-16-36)25-5-3-4-23(31)19-25/h3-9,18-21H,10-17H2,1-2H3. The Hall–Kier alpha value is -3.41. The van der Waals surface area contributed by atoms with Crippen LogP contribution in [0, 0.1) is 11.6 Å². The van der Waals surface area contributed by atoms with Crippen LogP contribution in [0.4, 0.5) is 20.2 Å². The zero-order chi connectivity index (χ0) is 30.0. The van der Waals surface area contributed by atoms with Gasteiger partial charge >= 0.3 is 0 Å². The van der Waals surface area contributed by atoms with Crippen molar-refractivity contribution in [3.8, 4) is 5.75 Å². The number of anilines is 2. The van der Waals surface area contributed by atoms with Crippen LogP contribution in [-0.4, -0.2) is 82.5 Å². The zero-order valence-electron chi connectivity index (χ0n) is 23.5. The summed E-state index contributed by atoms with van der Waals surface area (Å²) in [4.78, 5) is 19.2. The van der Waals surface area contributed by atoms with Gasteiger partial charge in [-0.3, -0.25) is 4.79 Å². The van der Waals surface area contributed by atoms with Gasteiger partial charge in [0.25, 0.3) is 5.91 Å². The number of rotatable bonds is 6. The van der Waals surface area contributed by atoms with Gasteiger partial charge in [0.15, 0.2) is 0 Å². The van der Waals surface area contributed by atoms with E-state index in [1.54, 1.807) is 21.9 Å². The van der Waals surface area contributed by atoms with Crippen LogP contribution in [0.5, 0.6) is 5.75 Å². The maximum absolute atomic E-state index is 14.4. The third kappa shape index (κ3) is 6.18. The first kappa shape index (κ1) is 30.1. The van der Waals surface area contributed by atoms with Crippen molar-refractivity contribution in [1.82, 2.24) is 9.21 Å². The monoisotopic (exact) mass is 618 g/mol. The summed E-state index contributed by atoms with van der Waals surface area (Å²) in [5.74, 6) is -1.47. The fourth-order valence-corrected chi connectivity index (χ4v) is 7.30. The summed E-state index contributed by atoms with van der Waals surface area (Å²) in [6.07, 6.45) is 0.556. The van der Waals surface area contributed by atoms with Crippen LogP contribution in [0.1, 0.15) is 23.7 Å². The molecule has 2 heterocycles. The lowest BCUT2D eigenvalue weighted by atomic mass is 10.1. The van der Waals surface area contributed by atoms with E-state index in [1.165, 1.54) is 35.7 Å². The van der Waals surface area contributed by atoms with E-state index in [4.69, 9.17) is 16.3 Å². The largest absolute Gasteiger partial charge is 0.495 e. The van der Waals surface area contributed by atoms with Crippen molar-refractivity contribution >= 4 is 38.9 Å². The van der Waals surface area contributed by atoms with Crippen molar-refractivity contribution in [2.45, 2.75) is 24.3 Å². The Bertz CT molecular complexity index is 1570. The van der Waals surface area contributed by atoms with E-state index in [2.05, 4.69) is 4.90 Å². The minimum Gasteiger partial charge on any atom is -0.495 e. The third-order valence-corrected chi connectivity index (χ3v) is 10.1. The van der Waals surface area contributed by atoms with Gasteiger partial charge in [-0.25, -0.2) is 17.2 Å². The highest BCUT2D eigenvalue weighted by Crippen LogP contribution is 2.31. The molecule has 0 aromatic heterocycles. The molecule has 224 valence electrons. The van der Waals surface area contributed by atoms with Crippen molar-refractivity contribution in [2.24, 2.45) is 0 Å². The minimum absolute atomic E-state index is 0.0652. The molecule has 5 rings (SSSR count). The zero-order valence-corrected chi connectivity index (χ0v) is 25.0. The first-order valence-corrected chi connectivity index (χ1v) is 15.6. The Kier molecular flexibility index (Phi) is 8.91. The third-order valence-electron chi connectivity index (χ3n) is 7.91. The highest BCUT2D eigenvalue weighted by atomic mass is 35.5. The second-order valence-corrected chi connectivity index (χ2v) is 12.8. The van der Waals surface area contributed by atoms with Gasteiger partial charge in [0.1, 0.15) is 22.3 Å². The second-order valence-electron chi connectivity index (χ2n) is 10.5. The Morgan fingerprint density at radius 2 is 1.64 bits per heavy atom. The SMILES string of the molecule is COc1ccc(C(=O)N2CCN(c3ccc(F)cc3F)CCC2C)cc1S(=O)(=O)N1CCN(c2cccc(Cl)c2)CC1. The number of carbonyl (C=O) groups excluding carboxylic acids is 1. The van der Waals surface area contributed by atoms with Gasteiger partial charge in [-0.1, -0.05) is 17.7 Å². The normalized spacial score (nSPS) is 18.6. The number of benzene rings is 3. The lowest BCUT2D eigenvalue weighted by Gasteiger charge is -2.35. The number of hydrogen-bond acceptors (Lipinski definition) is 6. The molecule has 0 spiro atoms. The fourth-order valence-electron chi connectivity index (χ4n) is 5.52. The molecule has 2 aliphatic heterocycles. The summed E-state index contributed by atoms with van der Waals surface area (Å²) in [5.41, 5.74) is 1.43. The van der Waals surface area contributed by atoms with Crippen LogP contribution in [0.15, 0.2) is 65.6 Å². The van der Waals surface area contributed by atoms with Gasteiger partial charge in [-0.05, 0) is 61.9 Å². The van der Waals surface area contributed by atoms with Crippen LogP contribution < -0.4 is 14.5 Å². The number of methoxy groups -OCH3 is 1. The molecule has 0 radical (unpaired) electrons. The summed E-state index contributed by atoms with van der Waals surface area (Å²) >= 11 is 6.13. The van der Waals surface area contributed by atoms with E-state index in [0.717, 1.165) is 11.8 Å². The van der Waals surface area contributed by atoms with Crippen molar-refractivity contribution < 1.29 is 26.7 Å². The van der Waals surface area contributed by atoms with E-state index in [-0.39, 0.29) is 53.5 Å². The number of sulfonamides is 1. The Labute approximate surface area is 250 Å². The lowest BCUT2D eigenvalue weighted by molar-refractivity contribution is 0.0705. The van der Waals surface area contributed by atoms with Crippen LogP contribution in [-0.2, 0) is 10.0 Å². The van der Waals surface area contributed by atoms with Crippen molar-refractivity contribution in [2.75, 3.05) is 62.7 Å². The minimum atomic E-state index is -3.97. The predicted octanol–water partition coefficient (Wildman–Crippen LogP) is 4.88. The average molecular weight is 619 g/mol. The molecule has 0 aliphatic carbocycles. The maximum Gasteiger partial charge on any atom is 0.254 e. The molecule has 1 unspecified atom stereocenters. The quantitative estimate of drug-likeness (QED) is 0.392. The predicted molar refractivity (Wildman–Crippen MR) is 159 cm³/mol. The highest BCUT2D eigenvalue weighted by molar-refractivity contribution is 7.89. The molecule has 2 aliphatic rings. The lowest BCUT2D eigenvalue weighted by Crippen LogP contribution is -2.48. The number of carbonyl (C=O) groups is 1. The first-order valence-electron chi connectivity index (χ1n) is 13.8. The second kappa shape index (κ2) is 12.4. The van der Waals surface area contributed by atoms with E-state index in [1.807, 2.05) is 25.1 Å². The molecule has 42 heavy (non-hydrogen) atoms. The van der Waals surface area contributed by atoms with Crippen molar-refractivity contribution in [3.05, 3.63) is 82.9 Å². The first-order chi connectivity index (χ1) is 20.1. The van der Waals surface area contributed by atoms with Gasteiger partial charge in [0.2, 0.25) is 10.0 Å². The molecule has 12 heteroatoms. The van der Waals surface area contributed by atoms with E-state index in [0.29, 0.717) is 37.6 Å². The molecule has 3 aromatic carbocycles. The molecular formula is C30H33ClF2N4O4S. The number of ether oxygens (including phenoxy) is 1. The number of halogens is 3. The van der Waals surface area contributed by atoms with Gasteiger partial charge in [-0.15, -0.1) is 0 Å². The Morgan fingerprint density at radius 3 is 2.33 bits per heavy atom. The van der Waals surface area contributed by atoms with Gasteiger partial charge in [-0.2, -0.15) is 4.31 Å². The van der Waals surface area contributed by atoms with Crippen LogP contribution >= 0.6 is 11.6 Å². The van der Waals surface area contributed by atoms with E-state index >= 15 is 0 Å². The number of piperazine rings is 1. The summed E-state index contributed by atoms with van der Waals surface area (Å²) in [7, 11) is -2.58. The average Bonchev–Trinajstić information content (AvgIpc) is 3.18. The topological polar surface area (TPSA) is 73.4 Å². The number of hydrogen-bond donors (Lipinski definition) is 0. The van der Waals surface area contributed by atoms with E-state index < -0.39 is 21.7 Å². The van der Waals surface area contributed by atoms with E-state index in [9.17, 15) is 22.0 Å². The van der Waals surface area contributed by atoms with Crippen LogP contribution in [0.25, 0.3) is 0 Å². The Balaban J connectivity index is 1.33. The molecule has 0 N–H and O–H groups in total. The molecule has 1 amide bonds. The highest BCUT2D eigenvalue weighted by Gasteiger charge is 2.33. The molecule has 2 fully saturated rings. The Morgan fingerprint density at radius 1 is 0.905 bits per heavy atom. The number of amides is 1. The molecule has 0 saturated carbocycles. The molecule has 2 saturated heterocycles. The van der Waals surface area contributed by atoms with Crippen molar-refractivity contribution in [1.29, 1.82) is 0 Å². The smallest absolute Gasteiger partial charge is 0.254 e. The summed E-state index contributed by atoms with van der Waals surface area (Å²) < 4.78 is 62.3. The molecule has 1 atom stereocenters. The molecule has 8 nitrogen and oxygen atoms in total. The van der Waals surface area contributed by atoms with Crippen LogP contribution in [0.2, 0.25) is 5.02 Å². The van der Waals surface area contributed by atoms with Crippen molar-refractivity contribution in [3.63, 3.8) is 0 Å². The van der Waals surface area contributed by atoms with Gasteiger partial charge < -0.3 is 19.4 Å². The van der Waals surface area contributed by atoms with Gasteiger partial charge in [0.05, 0.1) is 12.8 Å². The summed E-state index contributed by atoms with van der Waals surface area (Å²) in [5, 5.41) is 0.614.